The Labute approximate surface area is 148 Å². The van der Waals surface area contributed by atoms with Gasteiger partial charge in [-0.25, -0.2) is 19.5 Å². The fraction of sp³-hybridized carbons (Fsp3) is 0.615. The highest BCUT2D eigenvalue weighted by Gasteiger charge is 2.49. The minimum Gasteiger partial charge on any atom is -0.394 e. The molecule has 1 fully saturated rings. The Balaban J connectivity index is 1.89. The number of anilines is 1. The van der Waals surface area contributed by atoms with Gasteiger partial charge in [-0.15, -0.1) is 0 Å². The number of rotatable bonds is 6. The first-order chi connectivity index (χ1) is 12.2. The van der Waals surface area contributed by atoms with E-state index in [1.54, 1.807) is 13.8 Å². The van der Waals surface area contributed by atoms with Crippen molar-refractivity contribution in [2.45, 2.75) is 44.5 Å². The van der Waals surface area contributed by atoms with E-state index in [1.165, 1.54) is 17.2 Å². The molecule has 0 saturated carbocycles. The Morgan fingerprint density at radius 1 is 1.42 bits per heavy atom. The zero-order chi connectivity index (χ0) is 19.1. The van der Waals surface area contributed by atoms with Gasteiger partial charge in [0, 0.05) is 0 Å². The molecule has 3 heterocycles. The zero-order valence-corrected chi connectivity index (χ0v) is 14.9. The number of phosphoric acid groups is 1. The summed E-state index contributed by atoms with van der Waals surface area (Å²) in [5.41, 5.74) is 6.34. The summed E-state index contributed by atoms with van der Waals surface area (Å²) in [6, 6.07) is 0. The maximum absolute atomic E-state index is 12.0. The second kappa shape index (κ2) is 7.16. The maximum atomic E-state index is 12.0. The minimum absolute atomic E-state index is 0.151. The molecule has 5 atom stereocenters. The number of ether oxygens (including phenoxy) is 1. The molecular weight excluding hydrogens is 369 g/mol. The van der Waals surface area contributed by atoms with Crippen molar-refractivity contribution in [3.05, 3.63) is 12.7 Å². The van der Waals surface area contributed by atoms with Gasteiger partial charge in [-0.1, -0.05) is 0 Å². The molecule has 1 unspecified atom stereocenters. The Kier molecular flexibility index (Phi) is 5.26. The number of aliphatic hydroxyl groups excluding tert-OH is 2. The number of fused-ring (bicyclic) bond motifs is 1. The highest BCUT2D eigenvalue weighted by Crippen LogP contribution is 2.49. The standard InChI is InChI=1S/C13H20N5O7P/c1-6(2)24-26(21,22)25-10-7(3-19)23-13(9(10)20)18-5-17-8-11(14)15-4-16-12(8)18/h4-7,9-10,13,19-20H,3H2,1-2H3,(H,21,22)(H2,14,15,16)/t7-,9-,10-,13-/m1/s1. The van der Waals surface area contributed by atoms with Crippen LogP contribution >= 0.6 is 7.82 Å². The molecule has 0 radical (unpaired) electrons. The number of phosphoric ester groups is 1. The van der Waals surface area contributed by atoms with Gasteiger partial charge < -0.3 is 25.6 Å². The molecule has 2 aromatic heterocycles. The van der Waals surface area contributed by atoms with Crippen molar-refractivity contribution in [3.63, 3.8) is 0 Å². The van der Waals surface area contributed by atoms with Crippen LogP contribution in [0, 0.1) is 0 Å². The highest BCUT2D eigenvalue weighted by molar-refractivity contribution is 7.47. The lowest BCUT2D eigenvalue weighted by Gasteiger charge is -2.23. The van der Waals surface area contributed by atoms with E-state index in [4.69, 9.17) is 19.5 Å². The zero-order valence-electron chi connectivity index (χ0n) is 14.0. The lowest BCUT2D eigenvalue weighted by atomic mass is 10.1. The van der Waals surface area contributed by atoms with Crippen LogP contribution in [-0.4, -0.2) is 65.6 Å². The van der Waals surface area contributed by atoms with E-state index in [-0.39, 0.29) is 5.82 Å². The lowest BCUT2D eigenvalue weighted by Crippen LogP contribution is -2.35. The molecule has 13 heteroatoms. The summed E-state index contributed by atoms with van der Waals surface area (Å²) < 4.78 is 28.9. The quantitative estimate of drug-likeness (QED) is 0.472. The summed E-state index contributed by atoms with van der Waals surface area (Å²) in [6.07, 6.45) is -2.87. The fourth-order valence-corrected chi connectivity index (χ4v) is 3.88. The van der Waals surface area contributed by atoms with Crippen molar-refractivity contribution in [2.75, 3.05) is 12.3 Å². The van der Waals surface area contributed by atoms with Crippen LogP contribution in [0.25, 0.3) is 11.2 Å². The van der Waals surface area contributed by atoms with Crippen LogP contribution in [-0.2, 0) is 18.3 Å². The molecule has 12 nitrogen and oxygen atoms in total. The molecule has 1 saturated heterocycles. The molecule has 5 N–H and O–H groups in total. The van der Waals surface area contributed by atoms with Crippen LogP contribution in [0.4, 0.5) is 5.82 Å². The maximum Gasteiger partial charge on any atom is 0.472 e. The molecule has 2 aromatic rings. The number of imidazole rings is 1. The van der Waals surface area contributed by atoms with Crippen molar-refractivity contribution in [2.24, 2.45) is 0 Å². The first-order valence-corrected chi connectivity index (χ1v) is 9.30. The van der Waals surface area contributed by atoms with E-state index in [0.717, 1.165) is 0 Å². The van der Waals surface area contributed by atoms with Gasteiger partial charge >= 0.3 is 7.82 Å². The molecule has 0 spiro atoms. The summed E-state index contributed by atoms with van der Waals surface area (Å²) in [7, 11) is -4.47. The van der Waals surface area contributed by atoms with Gasteiger partial charge in [0.1, 0.15) is 30.2 Å². The van der Waals surface area contributed by atoms with Gasteiger partial charge in [0.05, 0.1) is 19.0 Å². The van der Waals surface area contributed by atoms with Gasteiger partial charge in [-0.3, -0.25) is 13.6 Å². The van der Waals surface area contributed by atoms with Crippen LogP contribution < -0.4 is 5.73 Å². The number of hydrogen-bond donors (Lipinski definition) is 4. The third kappa shape index (κ3) is 3.58. The van der Waals surface area contributed by atoms with Crippen LogP contribution in [0.3, 0.4) is 0 Å². The number of aromatic nitrogens is 4. The van der Waals surface area contributed by atoms with E-state index in [1.807, 2.05) is 0 Å². The molecule has 0 amide bonds. The summed E-state index contributed by atoms with van der Waals surface area (Å²) in [6.45, 7) is 2.56. The second-order valence-corrected chi connectivity index (χ2v) is 7.37. The number of hydrogen-bond acceptors (Lipinski definition) is 10. The van der Waals surface area contributed by atoms with Gasteiger partial charge in [-0.2, -0.15) is 0 Å². The average molecular weight is 389 g/mol. The summed E-state index contributed by atoms with van der Waals surface area (Å²) in [5.74, 6) is 0.151. The molecule has 1 aliphatic rings. The first-order valence-electron chi connectivity index (χ1n) is 7.80. The Hall–Kier alpha value is -1.66. The third-order valence-electron chi connectivity index (χ3n) is 3.75. The van der Waals surface area contributed by atoms with Gasteiger partial charge in [0.2, 0.25) is 0 Å². The monoisotopic (exact) mass is 389 g/mol. The predicted molar refractivity (Wildman–Crippen MR) is 87.7 cm³/mol. The molecule has 26 heavy (non-hydrogen) atoms. The van der Waals surface area contributed by atoms with Crippen molar-refractivity contribution in [1.29, 1.82) is 0 Å². The Bertz CT molecular complexity index is 830. The summed E-state index contributed by atoms with van der Waals surface area (Å²) >= 11 is 0. The molecular formula is C13H20N5O7P. The Morgan fingerprint density at radius 3 is 2.81 bits per heavy atom. The summed E-state index contributed by atoms with van der Waals surface area (Å²) in [4.78, 5) is 21.8. The van der Waals surface area contributed by atoms with Crippen LogP contribution in [0.15, 0.2) is 12.7 Å². The van der Waals surface area contributed by atoms with Gasteiger partial charge in [-0.05, 0) is 13.8 Å². The lowest BCUT2D eigenvalue weighted by molar-refractivity contribution is -0.0513. The third-order valence-corrected chi connectivity index (χ3v) is 4.95. The molecule has 0 aliphatic carbocycles. The first kappa shape index (κ1) is 19.1. The van der Waals surface area contributed by atoms with E-state index in [2.05, 4.69) is 15.0 Å². The second-order valence-electron chi connectivity index (χ2n) is 6.01. The highest BCUT2D eigenvalue weighted by atomic mass is 31.2. The van der Waals surface area contributed by atoms with Gasteiger partial charge in [0.15, 0.2) is 17.7 Å². The number of nitrogen functional groups attached to an aromatic ring is 1. The van der Waals surface area contributed by atoms with Crippen molar-refractivity contribution >= 4 is 24.8 Å². The predicted octanol–water partition coefficient (Wildman–Crippen LogP) is -0.430. The molecule has 3 rings (SSSR count). The summed E-state index contributed by atoms with van der Waals surface area (Å²) in [5, 5.41) is 20.1. The SMILES string of the molecule is CC(C)OP(=O)(O)O[C@H]1[C@@H](O)[C@H](n2cnc3c(N)ncnc32)O[C@@H]1CO. The number of aliphatic hydroxyl groups is 2. The Morgan fingerprint density at radius 2 is 2.15 bits per heavy atom. The van der Waals surface area contributed by atoms with E-state index in [0.29, 0.717) is 11.2 Å². The molecule has 144 valence electrons. The van der Waals surface area contributed by atoms with Crippen LogP contribution in [0.1, 0.15) is 20.1 Å². The molecule has 0 bridgehead atoms. The van der Waals surface area contributed by atoms with Crippen molar-refractivity contribution in [1.82, 2.24) is 19.5 Å². The van der Waals surface area contributed by atoms with Crippen molar-refractivity contribution in [3.8, 4) is 0 Å². The smallest absolute Gasteiger partial charge is 0.394 e. The molecule has 1 aliphatic heterocycles. The number of nitrogens with zero attached hydrogens (tertiary/aromatic N) is 4. The van der Waals surface area contributed by atoms with E-state index in [9.17, 15) is 19.7 Å². The van der Waals surface area contributed by atoms with E-state index < -0.39 is 45.1 Å². The normalized spacial score (nSPS) is 28.7. The van der Waals surface area contributed by atoms with Gasteiger partial charge in [0.25, 0.3) is 0 Å². The van der Waals surface area contributed by atoms with Crippen LogP contribution in [0.2, 0.25) is 0 Å². The topological polar surface area (TPSA) is 175 Å². The largest absolute Gasteiger partial charge is 0.472 e. The van der Waals surface area contributed by atoms with E-state index >= 15 is 0 Å². The average Bonchev–Trinajstić information content (AvgIpc) is 3.09. The minimum atomic E-state index is -4.47. The number of nitrogens with two attached hydrogens (primary N) is 1. The van der Waals surface area contributed by atoms with Crippen molar-refractivity contribution < 1.29 is 33.5 Å². The van der Waals surface area contributed by atoms with Crippen LogP contribution in [0.5, 0.6) is 0 Å². The fourth-order valence-electron chi connectivity index (χ4n) is 2.73. The molecule has 0 aromatic carbocycles.